The number of carboxylic acid groups (broad SMARTS) is 1. The maximum atomic E-state index is 12.7. The molecule has 1 saturated heterocycles. The lowest BCUT2D eigenvalue weighted by atomic mass is 9.97. The predicted octanol–water partition coefficient (Wildman–Crippen LogP) is 2.42. The Labute approximate surface area is 136 Å². The smallest absolute Gasteiger partial charge is 0.308 e. The fraction of sp³-hybridized carbons (Fsp3) is 0.529. The Morgan fingerprint density at radius 1 is 1.26 bits per heavy atom. The van der Waals surface area contributed by atoms with Crippen LogP contribution in [0.1, 0.15) is 37.0 Å². The van der Waals surface area contributed by atoms with Crippen molar-refractivity contribution in [3.05, 3.63) is 23.8 Å². The number of hydrogen-bond acceptors (Lipinski definition) is 4. The van der Waals surface area contributed by atoms with Gasteiger partial charge in [-0.3, -0.25) is 9.59 Å². The van der Waals surface area contributed by atoms with Gasteiger partial charge >= 0.3 is 5.97 Å². The molecule has 6 nitrogen and oxygen atoms in total. The van der Waals surface area contributed by atoms with Crippen molar-refractivity contribution in [2.75, 3.05) is 26.3 Å². The third kappa shape index (κ3) is 4.15. The monoisotopic (exact) mass is 321 g/mol. The van der Waals surface area contributed by atoms with Crippen molar-refractivity contribution in [1.82, 2.24) is 4.90 Å². The van der Waals surface area contributed by atoms with Crippen LogP contribution in [0, 0.1) is 5.92 Å². The zero-order valence-electron chi connectivity index (χ0n) is 13.6. The van der Waals surface area contributed by atoms with E-state index < -0.39 is 11.9 Å². The van der Waals surface area contributed by atoms with Crippen LogP contribution in [-0.4, -0.2) is 48.2 Å². The second kappa shape index (κ2) is 7.85. The summed E-state index contributed by atoms with van der Waals surface area (Å²) in [5.41, 5.74) is 0.446. The first-order chi connectivity index (χ1) is 11.1. The van der Waals surface area contributed by atoms with Crippen LogP contribution in [0.3, 0.4) is 0 Å². The van der Waals surface area contributed by atoms with E-state index in [9.17, 15) is 9.59 Å². The largest absolute Gasteiger partial charge is 0.494 e. The quantitative estimate of drug-likeness (QED) is 0.871. The van der Waals surface area contributed by atoms with Crippen molar-refractivity contribution in [2.45, 2.75) is 26.7 Å². The highest BCUT2D eigenvalue weighted by Gasteiger charge is 2.29. The molecule has 1 N–H and O–H groups in total. The average molecular weight is 321 g/mol. The highest BCUT2D eigenvalue weighted by atomic mass is 16.5. The van der Waals surface area contributed by atoms with Crippen LogP contribution >= 0.6 is 0 Å². The molecule has 0 spiro atoms. The van der Waals surface area contributed by atoms with Gasteiger partial charge in [0.25, 0.3) is 5.91 Å². The summed E-state index contributed by atoms with van der Waals surface area (Å²) in [5.74, 6) is -0.414. The lowest BCUT2D eigenvalue weighted by Gasteiger charge is -2.31. The second-order valence-electron chi connectivity index (χ2n) is 5.45. The van der Waals surface area contributed by atoms with Crippen molar-refractivity contribution in [2.24, 2.45) is 5.92 Å². The number of amides is 1. The van der Waals surface area contributed by atoms with Crippen LogP contribution < -0.4 is 9.47 Å². The molecule has 1 atom stereocenters. The van der Waals surface area contributed by atoms with E-state index in [2.05, 4.69) is 0 Å². The number of aliphatic carboxylic acids is 1. The molecule has 0 aromatic heterocycles. The SMILES string of the molecule is CCOc1ccc(C(=O)N2CCCC(C(=O)O)C2)c(OCC)c1. The van der Waals surface area contributed by atoms with Crippen molar-refractivity contribution in [3.8, 4) is 11.5 Å². The van der Waals surface area contributed by atoms with Gasteiger partial charge in [-0.2, -0.15) is 0 Å². The minimum absolute atomic E-state index is 0.192. The van der Waals surface area contributed by atoms with Gasteiger partial charge in [-0.05, 0) is 38.8 Å². The van der Waals surface area contributed by atoms with E-state index in [1.165, 1.54) is 0 Å². The molecule has 1 fully saturated rings. The second-order valence-corrected chi connectivity index (χ2v) is 5.45. The predicted molar refractivity (Wildman–Crippen MR) is 85.0 cm³/mol. The number of ether oxygens (including phenoxy) is 2. The Hall–Kier alpha value is -2.24. The molecule has 0 aliphatic carbocycles. The first-order valence-corrected chi connectivity index (χ1v) is 7.98. The zero-order chi connectivity index (χ0) is 16.8. The van der Waals surface area contributed by atoms with Gasteiger partial charge in [0.1, 0.15) is 11.5 Å². The van der Waals surface area contributed by atoms with Crippen molar-refractivity contribution < 1.29 is 24.2 Å². The molecule has 1 unspecified atom stereocenters. The average Bonchev–Trinajstić information content (AvgIpc) is 2.55. The molecule has 23 heavy (non-hydrogen) atoms. The molecule has 1 heterocycles. The number of carboxylic acids is 1. The summed E-state index contributed by atoms with van der Waals surface area (Å²) in [6.07, 6.45) is 1.31. The van der Waals surface area contributed by atoms with Gasteiger partial charge in [-0.1, -0.05) is 0 Å². The Kier molecular flexibility index (Phi) is 5.84. The number of rotatable bonds is 6. The van der Waals surface area contributed by atoms with Gasteiger partial charge < -0.3 is 19.5 Å². The van der Waals surface area contributed by atoms with Crippen molar-refractivity contribution in [3.63, 3.8) is 0 Å². The standard InChI is InChI=1S/C17H23NO5/c1-3-22-13-7-8-14(15(10-13)23-4-2)16(19)18-9-5-6-12(11-18)17(20)21/h7-8,10,12H,3-6,9,11H2,1-2H3,(H,20,21). The maximum Gasteiger partial charge on any atom is 0.308 e. The number of likely N-dealkylation sites (tertiary alicyclic amines) is 1. The lowest BCUT2D eigenvalue weighted by molar-refractivity contribution is -0.143. The molecule has 126 valence electrons. The Balaban J connectivity index is 2.21. The number of nitrogens with zero attached hydrogens (tertiary/aromatic N) is 1. The normalized spacial score (nSPS) is 17.7. The van der Waals surface area contributed by atoms with Gasteiger partial charge in [0.15, 0.2) is 0 Å². The van der Waals surface area contributed by atoms with Crippen LogP contribution in [-0.2, 0) is 4.79 Å². The Bertz CT molecular complexity index is 572. The van der Waals surface area contributed by atoms with E-state index >= 15 is 0 Å². The third-order valence-electron chi connectivity index (χ3n) is 3.85. The van der Waals surface area contributed by atoms with Crippen LogP contribution in [0.2, 0.25) is 0 Å². The first kappa shape index (κ1) is 17.1. The summed E-state index contributed by atoms with van der Waals surface area (Å²) in [6, 6.07) is 5.12. The van der Waals surface area contributed by atoms with Crippen LogP contribution in [0.4, 0.5) is 0 Å². The molecule has 0 radical (unpaired) electrons. The molecule has 0 bridgehead atoms. The molecular formula is C17H23NO5. The number of carbonyl (C=O) groups is 2. The molecule has 1 aliphatic rings. The number of benzene rings is 1. The van der Waals surface area contributed by atoms with E-state index in [1.807, 2.05) is 13.8 Å². The molecular weight excluding hydrogens is 298 g/mol. The number of piperidine rings is 1. The number of carbonyl (C=O) groups excluding carboxylic acids is 1. The van der Waals surface area contributed by atoms with Crippen LogP contribution in [0.5, 0.6) is 11.5 Å². The fourth-order valence-electron chi connectivity index (χ4n) is 2.74. The molecule has 1 aromatic rings. The first-order valence-electron chi connectivity index (χ1n) is 7.98. The highest BCUT2D eigenvalue weighted by molar-refractivity contribution is 5.97. The Morgan fingerprint density at radius 2 is 2.00 bits per heavy atom. The lowest BCUT2D eigenvalue weighted by Crippen LogP contribution is -2.42. The molecule has 6 heteroatoms. The van der Waals surface area contributed by atoms with Gasteiger partial charge in [0.05, 0.1) is 24.7 Å². The summed E-state index contributed by atoms with van der Waals surface area (Å²) in [7, 11) is 0. The molecule has 2 rings (SSSR count). The van der Waals surface area contributed by atoms with E-state index in [0.29, 0.717) is 49.7 Å². The van der Waals surface area contributed by atoms with E-state index in [-0.39, 0.29) is 12.5 Å². The van der Waals surface area contributed by atoms with Gasteiger partial charge in [0.2, 0.25) is 0 Å². The maximum absolute atomic E-state index is 12.7. The topological polar surface area (TPSA) is 76.1 Å². The van der Waals surface area contributed by atoms with Crippen LogP contribution in [0.15, 0.2) is 18.2 Å². The minimum Gasteiger partial charge on any atom is -0.494 e. The summed E-state index contributed by atoms with van der Waals surface area (Å²) in [4.78, 5) is 25.5. The van der Waals surface area contributed by atoms with Gasteiger partial charge in [-0.15, -0.1) is 0 Å². The van der Waals surface area contributed by atoms with E-state index in [4.69, 9.17) is 14.6 Å². The molecule has 1 aromatic carbocycles. The summed E-state index contributed by atoms with van der Waals surface area (Å²) in [5, 5.41) is 9.16. The highest BCUT2D eigenvalue weighted by Crippen LogP contribution is 2.28. The van der Waals surface area contributed by atoms with E-state index in [0.717, 1.165) is 0 Å². The Morgan fingerprint density at radius 3 is 2.65 bits per heavy atom. The molecule has 1 amide bonds. The minimum atomic E-state index is -0.848. The van der Waals surface area contributed by atoms with Gasteiger partial charge in [-0.25, -0.2) is 0 Å². The zero-order valence-corrected chi connectivity index (χ0v) is 13.6. The third-order valence-corrected chi connectivity index (χ3v) is 3.85. The fourth-order valence-corrected chi connectivity index (χ4v) is 2.74. The van der Waals surface area contributed by atoms with Crippen molar-refractivity contribution >= 4 is 11.9 Å². The summed E-state index contributed by atoms with van der Waals surface area (Å²) < 4.78 is 11.0. The van der Waals surface area contributed by atoms with Crippen molar-refractivity contribution in [1.29, 1.82) is 0 Å². The molecule has 1 aliphatic heterocycles. The van der Waals surface area contributed by atoms with Gasteiger partial charge in [0, 0.05) is 19.2 Å². The summed E-state index contributed by atoms with van der Waals surface area (Å²) >= 11 is 0. The molecule has 0 saturated carbocycles. The van der Waals surface area contributed by atoms with Crippen LogP contribution in [0.25, 0.3) is 0 Å². The van der Waals surface area contributed by atoms with E-state index in [1.54, 1.807) is 23.1 Å². The number of hydrogen-bond donors (Lipinski definition) is 1. The summed E-state index contributed by atoms with van der Waals surface area (Å²) in [6.45, 7) is 5.52.